The summed E-state index contributed by atoms with van der Waals surface area (Å²) in [4.78, 5) is 0. The molecule has 3 N–H and O–H groups in total. The highest BCUT2D eigenvalue weighted by molar-refractivity contribution is 14.1. The first-order valence-electron chi connectivity index (χ1n) is 4.84. The molecule has 2 rings (SSSR count). The minimum atomic E-state index is 0.557. The van der Waals surface area contributed by atoms with E-state index in [4.69, 9.17) is 17.3 Å². The van der Waals surface area contributed by atoms with Gasteiger partial charge in [0.05, 0.1) is 16.4 Å². The summed E-state index contributed by atoms with van der Waals surface area (Å²) in [7, 11) is 0. The van der Waals surface area contributed by atoms with Crippen LogP contribution in [0.4, 0.5) is 17.1 Å². The Morgan fingerprint density at radius 2 is 2.00 bits per heavy atom. The molecule has 88 valence electrons. The van der Waals surface area contributed by atoms with Crippen LogP contribution in [0.1, 0.15) is 0 Å². The van der Waals surface area contributed by atoms with E-state index in [0.717, 1.165) is 19.4 Å². The lowest BCUT2D eigenvalue weighted by atomic mass is 10.2. The van der Waals surface area contributed by atoms with E-state index in [-0.39, 0.29) is 0 Å². The van der Waals surface area contributed by atoms with Gasteiger partial charge in [0, 0.05) is 13.7 Å². The third-order valence-electron chi connectivity index (χ3n) is 2.25. The summed E-state index contributed by atoms with van der Waals surface area (Å²) < 4.78 is 2.20. The van der Waals surface area contributed by atoms with Crippen LogP contribution in [0, 0.1) is 3.57 Å². The SMILES string of the molecule is Nc1c(Cl)cccc1Nc1ccc(Br)c(I)c1. The van der Waals surface area contributed by atoms with Crippen molar-refractivity contribution in [1.29, 1.82) is 0 Å². The molecule has 0 heterocycles. The number of nitrogens with one attached hydrogen (secondary N) is 1. The smallest absolute Gasteiger partial charge is 0.0742 e. The van der Waals surface area contributed by atoms with E-state index < -0.39 is 0 Å². The van der Waals surface area contributed by atoms with Crippen molar-refractivity contribution in [2.75, 3.05) is 11.1 Å². The minimum absolute atomic E-state index is 0.557. The molecule has 17 heavy (non-hydrogen) atoms. The highest BCUT2D eigenvalue weighted by Gasteiger charge is 2.04. The molecule has 2 nitrogen and oxygen atoms in total. The van der Waals surface area contributed by atoms with E-state index in [2.05, 4.69) is 43.8 Å². The summed E-state index contributed by atoms with van der Waals surface area (Å²) in [6.07, 6.45) is 0. The minimum Gasteiger partial charge on any atom is -0.396 e. The average Bonchev–Trinajstić information content (AvgIpc) is 2.30. The topological polar surface area (TPSA) is 38.0 Å². The Bertz CT molecular complexity index is 560. The summed E-state index contributed by atoms with van der Waals surface area (Å²) in [5, 5.41) is 3.80. The normalized spacial score (nSPS) is 10.3. The first-order chi connectivity index (χ1) is 8.08. The molecule has 0 amide bonds. The fourth-order valence-corrected chi connectivity index (χ4v) is 2.31. The van der Waals surface area contributed by atoms with Crippen LogP contribution in [0.2, 0.25) is 5.02 Å². The Morgan fingerprint density at radius 1 is 1.24 bits per heavy atom. The molecule has 2 aromatic carbocycles. The summed E-state index contributed by atoms with van der Waals surface area (Å²) in [6.45, 7) is 0. The molecule has 0 aliphatic rings. The van der Waals surface area contributed by atoms with Crippen molar-refractivity contribution in [3.8, 4) is 0 Å². The zero-order valence-corrected chi connectivity index (χ0v) is 13.2. The predicted molar refractivity (Wildman–Crippen MR) is 86.0 cm³/mol. The Morgan fingerprint density at radius 3 is 2.71 bits per heavy atom. The van der Waals surface area contributed by atoms with Crippen molar-refractivity contribution in [3.63, 3.8) is 0 Å². The molecule has 0 fully saturated rings. The third-order valence-corrected chi connectivity index (χ3v) is 4.91. The van der Waals surface area contributed by atoms with Gasteiger partial charge in [-0.15, -0.1) is 0 Å². The Labute approximate surface area is 127 Å². The maximum Gasteiger partial charge on any atom is 0.0742 e. The largest absolute Gasteiger partial charge is 0.396 e. The lowest BCUT2D eigenvalue weighted by Crippen LogP contribution is -1.97. The second-order valence-electron chi connectivity index (χ2n) is 3.45. The molecule has 0 unspecified atom stereocenters. The fraction of sp³-hybridized carbons (Fsp3) is 0. The quantitative estimate of drug-likeness (QED) is 0.525. The molecule has 0 saturated heterocycles. The van der Waals surface area contributed by atoms with Gasteiger partial charge in [-0.2, -0.15) is 0 Å². The van der Waals surface area contributed by atoms with Crippen LogP contribution in [0.25, 0.3) is 0 Å². The first kappa shape index (κ1) is 13.0. The van der Waals surface area contributed by atoms with Crippen LogP contribution >= 0.6 is 50.1 Å². The number of benzene rings is 2. The Balaban J connectivity index is 2.31. The van der Waals surface area contributed by atoms with Crippen LogP contribution < -0.4 is 11.1 Å². The molecule has 0 saturated carbocycles. The number of hydrogen-bond donors (Lipinski definition) is 2. The van der Waals surface area contributed by atoms with Gasteiger partial charge in [-0.05, 0) is 68.9 Å². The molecule has 0 atom stereocenters. The van der Waals surface area contributed by atoms with E-state index >= 15 is 0 Å². The van der Waals surface area contributed by atoms with E-state index in [1.807, 2.05) is 30.3 Å². The Kier molecular flexibility index (Phi) is 4.17. The van der Waals surface area contributed by atoms with Crippen LogP contribution in [0.15, 0.2) is 40.9 Å². The number of nitrogens with two attached hydrogens (primary N) is 1. The molecule has 0 spiro atoms. The van der Waals surface area contributed by atoms with Gasteiger partial charge in [0.25, 0.3) is 0 Å². The van der Waals surface area contributed by atoms with Crippen LogP contribution in [0.3, 0.4) is 0 Å². The molecule has 0 radical (unpaired) electrons. The van der Waals surface area contributed by atoms with Crippen molar-refractivity contribution in [2.24, 2.45) is 0 Å². The van der Waals surface area contributed by atoms with Gasteiger partial charge in [0.2, 0.25) is 0 Å². The van der Waals surface area contributed by atoms with Gasteiger partial charge in [-0.3, -0.25) is 0 Å². The zero-order valence-electron chi connectivity index (χ0n) is 8.68. The number of nitrogen functional groups attached to an aromatic ring is 1. The Hall–Kier alpha value is -0.460. The zero-order chi connectivity index (χ0) is 12.4. The van der Waals surface area contributed by atoms with E-state index in [1.54, 1.807) is 6.07 Å². The number of halogens is 3. The number of hydrogen-bond acceptors (Lipinski definition) is 2. The van der Waals surface area contributed by atoms with E-state index in [1.165, 1.54) is 0 Å². The van der Waals surface area contributed by atoms with Gasteiger partial charge in [-0.25, -0.2) is 0 Å². The van der Waals surface area contributed by atoms with Gasteiger partial charge < -0.3 is 11.1 Å². The third kappa shape index (κ3) is 3.05. The number of anilines is 3. The second kappa shape index (κ2) is 5.46. The van der Waals surface area contributed by atoms with Crippen molar-refractivity contribution < 1.29 is 0 Å². The number of rotatable bonds is 2. The van der Waals surface area contributed by atoms with Gasteiger partial charge in [-0.1, -0.05) is 17.7 Å². The van der Waals surface area contributed by atoms with Gasteiger partial charge in [0.1, 0.15) is 0 Å². The van der Waals surface area contributed by atoms with Crippen molar-refractivity contribution >= 4 is 67.2 Å². The van der Waals surface area contributed by atoms with Crippen LogP contribution in [-0.2, 0) is 0 Å². The molecular weight excluding hydrogens is 414 g/mol. The molecule has 0 bridgehead atoms. The predicted octanol–water partition coefficient (Wildman–Crippen LogP) is 5.03. The van der Waals surface area contributed by atoms with Crippen molar-refractivity contribution in [3.05, 3.63) is 49.5 Å². The highest BCUT2D eigenvalue weighted by atomic mass is 127. The summed E-state index contributed by atoms with van der Waals surface area (Å²) in [6, 6.07) is 11.5. The lowest BCUT2D eigenvalue weighted by Gasteiger charge is -2.11. The first-order valence-corrected chi connectivity index (χ1v) is 7.09. The molecule has 0 aliphatic carbocycles. The molecule has 0 aliphatic heterocycles. The highest BCUT2D eigenvalue weighted by Crippen LogP contribution is 2.30. The van der Waals surface area contributed by atoms with E-state index in [0.29, 0.717) is 10.7 Å². The van der Waals surface area contributed by atoms with Gasteiger partial charge >= 0.3 is 0 Å². The van der Waals surface area contributed by atoms with Gasteiger partial charge in [0.15, 0.2) is 0 Å². The standard InChI is InChI=1S/C12H9BrClIN2/c13-8-5-4-7(6-10(8)15)17-11-3-1-2-9(14)12(11)16/h1-6,17H,16H2. The summed E-state index contributed by atoms with van der Waals surface area (Å²) >= 11 is 11.7. The summed E-state index contributed by atoms with van der Waals surface area (Å²) in [5.74, 6) is 0. The maximum atomic E-state index is 5.96. The maximum absolute atomic E-state index is 5.96. The van der Waals surface area contributed by atoms with E-state index in [9.17, 15) is 0 Å². The fourth-order valence-electron chi connectivity index (χ4n) is 1.38. The molecule has 2 aromatic rings. The monoisotopic (exact) mass is 422 g/mol. The second-order valence-corrected chi connectivity index (χ2v) is 5.88. The average molecular weight is 423 g/mol. The van der Waals surface area contributed by atoms with Crippen molar-refractivity contribution in [2.45, 2.75) is 0 Å². The lowest BCUT2D eigenvalue weighted by molar-refractivity contribution is 1.51. The summed E-state index contributed by atoms with van der Waals surface area (Å²) in [5.41, 5.74) is 8.25. The molecule has 5 heteroatoms. The van der Waals surface area contributed by atoms with Crippen LogP contribution in [0.5, 0.6) is 0 Å². The molecule has 0 aromatic heterocycles. The molecular formula is C12H9BrClIN2. The van der Waals surface area contributed by atoms with Crippen LogP contribution in [-0.4, -0.2) is 0 Å². The number of para-hydroxylation sites is 1. The van der Waals surface area contributed by atoms with Crippen molar-refractivity contribution in [1.82, 2.24) is 0 Å².